The van der Waals surface area contributed by atoms with Crippen molar-refractivity contribution < 1.29 is 28.9 Å². The first-order valence-electron chi connectivity index (χ1n) is 11.0. The molecule has 1 amide bonds. The van der Waals surface area contributed by atoms with Crippen LogP contribution in [0.3, 0.4) is 0 Å². The van der Waals surface area contributed by atoms with Crippen LogP contribution in [-0.4, -0.2) is 44.4 Å². The van der Waals surface area contributed by atoms with Gasteiger partial charge in [0.2, 0.25) is 0 Å². The molecule has 0 aliphatic heterocycles. The van der Waals surface area contributed by atoms with E-state index in [4.69, 9.17) is 14.2 Å². The van der Waals surface area contributed by atoms with Gasteiger partial charge in [-0.2, -0.15) is 5.26 Å². The van der Waals surface area contributed by atoms with Gasteiger partial charge in [0, 0.05) is 31.5 Å². The average molecular weight is 523 g/mol. The maximum atomic E-state index is 13.4. The third kappa shape index (κ3) is 6.24. The van der Waals surface area contributed by atoms with Crippen LogP contribution < -0.4 is 34.7 Å². The van der Waals surface area contributed by atoms with Crippen molar-refractivity contribution in [1.29, 1.82) is 5.26 Å². The van der Waals surface area contributed by atoms with E-state index in [1.165, 1.54) is 50.2 Å². The number of carbonyl (C=O) groups excluding carboxylic acids is 2. The Morgan fingerprint density at radius 2 is 1.86 bits per heavy atom. The van der Waals surface area contributed by atoms with Gasteiger partial charge in [-0.05, 0) is 36.3 Å². The number of nitrogens with zero attached hydrogens (tertiary/aromatic N) is 2. The van der Waals surface area contributed by atoms with Gasteiger partial charge in [-0.25, -0.2) is 0 Å². The molecule has 11 heteroatoms. The molecule has 1 aromatic heterocycles. The highest BCUT2D eigenvalue weighted by Gasteiger charge is 2.17. The van der Waals surface area contributed by atoms with Gasteiger partial charge in [0.25, 0.3) is 11.5 Å². The quantitative estimate of drug-likeness (QED) is 0.379. The lowest BCUT2D eigenvalue weighted by Crippen LogP contribution is -2.34. The number of ether oxygens (including phenoxy) is 3. The fraction of sp³-hybridized carbons (Fsp3) is 0.231. The van der Waals surface area contributed by atoms with Gasteiger partial charge in [-0.1, -0.05) is 24.3 Å². The van der Waals surface area contributed by atoms with Gasteiger partial charge >= 0.3 is 0 Å². The molecule has 0 spiro atoms. The van der Waals surface area contributed by atoms with Crippen molar-refractivity contribution >= 4 is 40.5 Å². The summed E-state index contributed by atoms with van der Waals surface area (Å²) in [6.07, 6.45) is 2.10. The number of anilines is 1. The molecule has 1 heterocycles. The molecule has 0 fully saturated rings. The summed E-state index contributed by atoms with van der Waals surface area (Å²) in [5.41, 5.74) is 0.175. The van der Waals surface area contributed by atoms with Crippen LogP contribution >= 0.6 is 11.3 Å². The first-order chi connectivity index (χ1) is 17.8. The summed E-state index contributed by atoms with van der Waals surface area (Å²) in [6.45, 7) is 0.601. The lowest BCUT2D eigenvalue weighted by Gasteiger charge is -2.09. The third-order valence-corrected chi connectivity index (χ3v) is 6.42. The highest BCUT2D eigenvalue weighted by Crippen LogP contribution is 2.30. The molecule has 10 nitrogen and oxygen atoms in total. The fourth-order valence-electron chi connectivity index (χ4n) is 3.52. The van der Waals surface area contributed by atoms with Crippen LogP contribution in [0, 0.1) is 11.3 Å². The first-order valence-corrected chi connectivity index (χ1v) is 11.8. The second-order valence-corrected chi connectivity index (χ2v) is 8.64. The summed E-state index contributed by atoms with van der Waals surface area (Å²) in [5, 5.41) is 23.4. The molecule has 0 aliphatic carbocycles. The number of aromatic carboxylic acids is 1. The number of para-hydroxylation sites is 1. The van der Waals surface area contributed by atoms with Crippen molar-refractivity contribution in [1.82, 2.24) is 4.57 Å². The van der Waals surface area contributed by atoms with Gasteiger partial charge in [-0.3, -0.25) is 14.2 Å². The van der Waals surface area contributed by atoms with E-state index in [1.807, 2.05) is 6.07 Å². The molecular formula is C26H24N3O7S-. The highest BCUT2D eigenvalue weighted by atomic mass is 32.1. The van der Waals surface area contributed by atoms with E-state index in [9.17, 15) is 24.8 Å². The van der Waals surface area contributed by atoms with E-state index in [-0.39, 0.29) is 38.1 Å². The zero-order valence-electron chi connectivity index (χ0n) is 20.4. The predicted molar refractivity (Wildman–Crippen MR) is 136 cm³/mol. The first kappa shape index (κ1) is 27.2. The number of carbonyl (C=O) groups is 2. The molecule has 37 heavy (non-hydrogen) atoms. The molecule has 0 atom stereocenters. The molecule has 3 rings (SSSR count). The minimum Gasteiger partial charge on any atom is -0.545 e. The van der Waals surface area contributed by atoms with Gasteiger partial charge in [0.15, 0.2) is 17.1 Å². The zero-order chi connectivity index (χ0) is 26.9. The molecule has 0 unspecified atom stereocenters. The van der Waals surface area contributed by atoms with Crippen molar-refractivity contribution in [3.63, 3.8) is 0 Å². The topological polar surface area (TPSA) is 143 Å². The number of rotatable bonds is 10. The maximum Gasteiger partial charge on any atom is 0.269 e. The highest BCUT2D eigenvalue weighted by molar-refractivity contribution is 7.07. The van der Waals surface area contributed by atoms with Crippen LogP contribution in [0.1, 0.15) is 22.3 Å². The Labute approximate surface area is 216 Å². The number of aromatic nitrogens is 1. The number of amides is 1. The molecule has 2 aromatic carbocycles. The van der Waals surface area contributed by atoms with Crippen molar-refractivity contribution in [3.8, 4) is 17.6 Å². The average Bonchev–Trinajstić information content (AvgIpc) is 3.19. The molecule has 0 bridgehead atoms. The Hall–Kier alpha value is -4.40. The van der Waals surface area contributed by atoms with Gasteiger partial charge in [0.1, 0.15) is 10.7 Å². The summed E-state index contributed by atoms with van der Waals surface area (Å²) < 4.78 is 17.7. The Balaban J connectivity index is 2.15. The standard InChI is InChI=1S/C26H25N3O7S/c1-34-13-5-12-29-24(31)21(14-17-6-4-7-20(35-2)22(17)36-3)37-25(29)19(15-27)23(30)28-18-10-8-16(9-11-18)26(32)33/h4,6-11,14H,5,12-13H2,1-3H3,(H,28,30)(H,32,33)/p-1/b21-14-,25-19-. The molecule has 3 aromatic rings. The van der Waals surface area contributed by atoms with E-state index < -0.39 is 11.9 Å². The molecular weight excluding hydrogens is 498 g/mol. The predicted octanol–water partition coefficient (Wildman–Crippen LogP) is 0.469. The summed E-state index contributed by atoms with van der Waals surface area (Å²) in [5.74, 6) is -1.16. The maximum absolute atomic E-state index is 13.4. The molecule has 1 N–H and O–H groups in total. The molecule has 0 radical (unpaired) electrons. The van der Waals surface area contributed by atoms with Crippen LogP contribution in [0.2, 0.25) is 0 Å². The van der Waals surface area contributed by atoms with E-state index >= 15 is 0 Å². The Kier molecular flexibility index (Phi) is 9.21. The number of methoxy groups -OCH3 is 3. The zero-order valence-corrected chi connectivity index (χ0v) is 21.2. The molecule has 0 aliphatic rings. The summed E-state index contributed by atoms with van der Waals surface area (Å²) in [4.78, 5) is 37.3. The van der Waals surface area contributed by atoms with Gasteiger partial charge in [0.05, 0.1) is 24.7 Å². The lowest BCUT2D eigenvalue weighted by atomic mass is 10.2. The van der Waals surface area contributed by atoms with Crippen LogP contribution in [0.5, 0.6) is 11.5 Å². The Morgan fingerprint density at radius 1 is 1.14 bits per heavy atom. The summed E-state index contributed by atoms with van der Waals surface area (Å²) in [6, 6.07) is 12.5. The van der Waals surface area contributed by atoms with E-state index in [0.29, 0.717) is 30.1 Å². The van der Waals surface area contributed by atoms with Crippen LogP contribution in [0.15, 0.2) is 47.3 Å². The van der Waals surface area contributed by atoms with Crippen molar-refractivity contribution in [2.24, 2.45) is 0 Å². The van der Waals surface area contributed by atoms with Gasteiger partial charge in [-0.15, -0.1) is 11.3 Å². The number of thiazole rings is 1. The second kappa shape index (κ2) is 12.5. The monoisotopic (exact) mass is 522 g/mol. The van der Waals surface area contributed by atoms with Gasteiger partial charge < -0.3 is 29.4 Å². The summed E-state index contributed by atoms with van der Waals surface area (Å²) in [7, 11) is 4.54. The lowest BCUT2D eigenvalue weighted by molar-refractivity contribution is -0.255. The fourth-order valence-corrected chi connectivity index (χ4v) is 4.64. The number of nitrogens with one attached hydrogen (secondary N) is 1. The second-order valence-electron chi connectivity index (χ2n) is 7.61. The third-order valence-electron chi connectivity index (χ3n) is 5.29. The summed E-state index contributed by atoms with van der Waals surface area (Å²) >= 11 is 1.00. The minimum absolute atomic E-state index is 0.0547. The largest absolute Gasteiger partial charge is 0.545 e. The van der Waals surface area contributed by atoms with Crippen molar-refractivity contribution in [2.75, 3.05) is 33.3 Å². The minimum atomic E-state index is -1.35. The van der Waals surface area contributed by atoms with E-state index in [0.717, 1.165) is 11.3 Å². The number of nitriles is 1. The van der Waals surface area contributed by atoms with Crippen LogP contribution in [-0.2, 0) is 16.1 Å². The molecule has 0 saturated heterocycles. The van der Waals surface area contributed by atoms with E-state index in [1.54, 1.807) is 24.3 Å². The number of carboxylic acids is 1. The normalized spacial score (nSPS) is 12.0. The van der Waals surface area contributed by atoms with Crippen molar-refractivity contribution in [2.45, 2.75) is 13.0 Å². The number of benzene rings is 2. The number of carboxylic acid groups (broad SMARTS) is 1. The van der Waals surface area contributed by atoms with Crippen LogP contribution in [0.4, 0.5) is 5.69 Å². The smallest absolute Gasteiger partial charge is 0.269 e. The number of hydrogen-bond donors (Lipinski definition) is 1. The molecule has 0 saturated carbocycles. The Bertz CT molecular complexity index is 1520. The van der Waals surface area contributed by atoms with Crippen molar-refractivity contribution in [3.05, 3.63) is 73.1 Å². The van der Waals surface area contributed by atoms with E-state index in [2.05, 4.69) is 5.32 Å². The SMILES string of the molecule is COCCCn1c(=O)/c(=C/c2cccc(OC)c2OC)s/c1=C(/C#N)C(=O)Nc1ccc(C(=O)[O-])cc1. The molecule has 192 valence electrons. The number of hydrogen-bond acceptors (Lipinski definition) is 9. The Morgan fingerprint density at radius 3 is 2.46 bits per heavy atom. The van der Waals surface area contributed by atoms with Crippen LogP contribution in [0.25, 0.3) is 11.6 Å².